The Morgan fingerprint density at radius 3 is 2.59 bits per heavy atom. The van der Waals surface area contributed by atoms with E-state index in [1.165, 1.54) is 0 Å². The Morgan fingerprint density at radius 1 is 1.15 bits per heavy atom. The number of nitrogens with zero attached hydrogens (tertiary/aromatic N) is 1. The second-order valence-corrected chi connectivity index (χ2v) is 8.05. The smallest absolute Gasteiger partial charge is 0.307 e. The van der Waals surface area contributed by atoms with E-state index in [9.17, 15) is 9.59 Å². The molecule has 6 heteroatoms. The number of thiazole rings is 1. The molecule has 5 nitrogen and oxygen atoms in total. The molecule has 3 aromatic rings. The molecule has 142 valence electrons. The molecule has 1 atom stereocenters. The van der Waals surface area contributed by atoms with E-state index in [0.29, 0.717) is 11.6 Å². The van der Waals surface area contributed by atoms with Crippen molar-refractivity contribution in [3.63, 3.8) is 0 Å². The Labute approximate surface area is 162 Å². The lowest BCUT2D eigenvalue weighted by atomic mass is 10.0. The summed E-state index contributed by atoms with van der Waals surface area (Å²) in [6.07, 6.45) is -0.644. The van der Waals surface area contributed by atoms with E-state index in [0.717, 1.165) is 38.4 Å². The zero-order valence-corrected chi connectivity index (χ0v) is 17.0. The van der Waals surface area contributed by atoms with Crippen molar-refractivity contribution in [3.05, 3.63) is 57.2 Å². The zero-order valence-electron chi connectivity index (χ0n) is 16.2. The van der Waals surface area contributed by atoms with Crippen LogP contribution >= 0.6 is 11.3 Å². The zero-order chi connectivity index (χ0) is 19.7. The summed E-state index contributed by atoms with van der Waals surface area (Å²) in [5.41, 5.74) is 3.67. The second-order valence-electron chi connectivity index (χ2n) is 7.05. The number of aryl methyl sites for hydroxylation is 2. The highest BCUT2D eigenvalue weighted by atomic mass is 32.1. The molecule has 1 aromatic heterocycles. The molecule has 1 N–H and O–H groups in total. The maximum atomic E-state index is 12.6. The topological polar surface area (TPSA) is 60.3 Å². The average Bonchev–Trinajstić information content (AvgIpc) is 2.88. The predicted octanol–water partition coefficient (Wildman–Crippen LogP) is 4.44. The second kappa shape index (κ2) is 7.56. The molecule has 0 aliphatic heterocycles. The molecular formula is C21H24N2O3S. The SMILES string of the molecule is Cc1ccc(C(C)C)c(O[C@H](C)C(=O)Nc2ccc3c(c2)sc(=O)n3C)c1. The van der Waals surface area contributed by atoms with Crippen molar-refractivity contribution in [3.8, 4) is 5.75 Å². The molecule has 1 heterocycles. The largest absolute Gasteiger partial charge is 0.481 e. The van der Waals surface area contributed by atoms with E-state index in [1.54, 1.807) is 24.6 Å². The number of aromatic nitrogens is 1. The summed E-state index contributed by atoms with van der Waals surface area (Å²) in [5, 5.41) is 2.88. The summed E-state index contributed by atoms with van der Waals surface area (Å²) in [6, 6.07) is 11.5. The van der Waals surface area contributed by atoms with Crippen LogP contribution in [0.15, 0.2) is 41.2 Å². The van der Waals surface area contributed by atoms with Gasteiger partial charge in [0.2, 0.25) is 0 Å². The molecule has 0 radical (unpaired) electrons. The minimum atomic E-state index is -0.644. The summed E-state index contributed by atoms with van der Waals surface area (Å²) < 4.78 is 8.41. The van der Waals surface area contributed by atoms with Gasteiger partial charge in [-0.3, -0.25) is 9.59 Å². The first-order valence-electron chi connectivity index (χ1n) is 8.94. The van der Waals surface area contributed by atoms with Crippen molar-refractivity contribution in [2.45, 2.75) is 39.7 Å². The Bertz CT molecular complexity index is 1050. The van der Waals surface area contributed by atoms with Gasteiger partial charge in [0.05, 0.1) is 10.2 Å². The number of benzene rings is 2. The molecule has 0 spiro atoms. The van der Waals surface area contributed by atoms with Gasteiger partial charge in [0, 0.05) is 12.7 Å². The molecule has 0 saturated heterocycles. The van der Waals surface area contributed by atoms with Gasteiger partial charge in [0.15, 0.2) is 6.10 Å². The fourth-order valence-corrected chi connectivity index (χ4v) is 3.84. The number of amides is 1. The molecular weight excluding hydrogens is 360 g/mol. The average molecular weight is 385 g/mol. The van der Waals surface area contributed by atoms with E-state index in [2.05, 4.69) is 19.2 Å². The number of anilines is 1. The van der Waals surface area contributed by atoms with Crippen LogP contribution in [0.5, 0.6) is 5.75 Å². The summed E-state index contributed by atoms with van der Waals surface area (Å²) in [7, 11) is 1.74. The first-order chi connectivity index (χ1) is 12.8. The maximum absolute atomic E-state index is 12.6. The van der Waals surface area contributed by atoms with E-state index in [4.69, 9.17) is 4.74 Å². The van der Waals surface area contributed by atoms with Gasteiger partial charge in [-0.05, 0) is 55.2 Å². The molecule has 27 heavy (non-hydrogen) atoms. The van der Waals surface area contributed by atoms with Gasteiger partial charge in [0.25, 0.3) is 5.91 Å². The molecule has 0 aliphatic carbocycles. The Hall–Kier alpha value is -2.60. The fraction of sp³-hybridized carbons (Fsp3) is 0.333. The summed E-state index contributed by atoms with van der Waals surface area (Å²) >= 11 is 1.16. The quantitative estimate of drug-likeness (QED) is 0.707. The van der Waals surface area contributed by atoms with E-state index in [-0.39, 0.29) is 10.8 Å². The van der Waals surface area contributed by atoms with Crippen molar-refractivity contribution < 1.29 is 9.53 Å². The highest BCUT2D eigenvalue weighted by Crippen LogP contribution is 2.28. The lowest BCUT2D eigenvalue weighted by Gasteiger charge is -2.19. The van der Waals surface area contributed by atoms with Gasteiger partial charge in [0.1, 0.15) is 5.75 Å². The fourth-order valence-electron chi connectivity index (χ4n) is 2.92. The van der Waals surface area contributed by atoms with Crippen LogP contribution in [0, 0.1) is 6.92 Å². The molecule has 0 unspecified atom stereocenters. The number of hydrogen-bond acceptors (Lipinski definition) is 4. The van der Waals surface area contributed by atoms with Crippen molar-refractivity contribution in [1.29, 1.82) is 0 Å². The van der Waals surface area contributed by atoms with Gasteiger partial charge in [-0.25, -0.2) is 0 Å². The van der Waals surface area contributed by atoms with Crippen molar-refractivity contribution in [2.24, 2.45) is 7.05 Å². The molecule has 0 bridgehead atoms. The van der Waals surface area contributed by atoms with Crippen LogP contribution in [-0.2, 0) is 11.8 Å². The van der Waals surface area contributed by atoms with Crippen molar-refractivity contribution in [2.75, 3.05) is 5.32 Å². The van der Waals surface area contributed by atoms with Gasteiger partial charge >= 0.3 is 4.87 Å². The summed E-state index contributed by atoms with van der Waals surface area (Å²) in [6.45, 7) is 7.94. The van der Waals surface area contributed by atoms with Crippen molar-refractivity contribution in [1.82, 2.24) is 4.57 Å². The highest BCUT2D eigenvalue weighted by Gasteiger charge is 2.18. The van der Waals surface area contributed by atoms with Gasteiger partial charge < -0.3 is 14.6 Å². The number of ether oxygens (including phenoxy) is 1. The Kier molecular flexibility index (Phi) is 5.37. The first kappa shape index (κ1) is 19.2. The number of carbonyl (C=O) groups excluding carboxylic acids is 1. The van der Waals surface area contributed by atoms with Crippen LogP contribution in [0.2, 0.25) is 0 Å². The van der Waals surface area contributed by atoms with Crippen LogP contribution < -0.4 is 14.9 Å². The van der Waals surface area contributed by atoms with Crippen LogP contribution in [0.1, 0.15) is 37.8 Å². The molecule has 0 saturated carbocycles. The molecule has 0 fully saturated rings. The van der Waals surface area contributed by atoms with Crippen LogP contribution in [0.25, 0.3) is 10.2 Å². The third kappa shape index (κ3) is 4.06. The van der Waals surface area contributed by atoms with Gasteiger partial charge in [-0.1, -0.05) is 37.3 Å². The Balaban J connectivity index is 1.77. The first-order valence-corrected chi connectivity index (χ1v) is 9.75. The normalized spacial score (nSPS) is 12.4. The van der Waals surface area contributed by atoms with Crippen LogP contribution in [-0.4, -0.2) is 16.6 Å². The molecule has 1 amide bonds. The number of nitrogens with one attached hydrogen (secondary N) is 1. The van der Waals surface area contributed by atoms with Crippen LogP contribution in [0.3, 0.4) is 0 Å². The third-order valence-electron chi connectivity index (χ3n) is 4.52. The van der Waals surface area contributed by atoms with E-state index >= 15 is 0 Å². The number of hydrogen-bond donors (Lipinski definition) is 1. The van der Waals surface area contributed by atoms with E-state index in [1.807, 2.05) is 37.3 Å². The summed E-state index contributed by atoms with van der Waals surface area (Å²) in [5.74, 6) is 0.817. The molecule has 0 aliphatic rings. The lowest BCUT2D eigenvalue weighted by Crippen LogP contribution is -2.30. The maximum Gasteiger partial charge on any atom is 0.307 e. The number of rotatable bonds is 5. The highest BCUT2D eigenvalue weighted by molar-refractivity contribution is 7.16. The van der Waals surface area contributed by atoms with Crippen LogP contribution in [0.4, 0.5) is 5.69 Å². The third-order valence-corrected chi connectivity index (χ3v) is 5.52. The molecule has 2 aromatic carbocycles. The monoisotopic (exact) mass is 384 g/mol. The minimum Gasteiger partial charge on any atom is -0.481 e. The van der Waals surface area contributed by atoms with Crippen molar-refractivity contribution >= 4 is 33.1 Å². The summed E-state index contributed by atoms with van der Waals surface area (Å²) in [4.78, 5) is 24.3. The van der Waals surface area contributed by atoms with E-state index < -0.39 is 6.10 Å². The molecule has 3 rings (SSSR count). The number of fused-ring (bicyclic) bond motifs is 1. The standard InChI is InChI=1S/C21H24N2O3S/c1-12(2)16-8-6-13(3)10-18(16)26-14(4)20(24)22-15-7-9-17-19(11-15)27-21(25)23(17)5/h6-12,14H,1-5H3,(H,22,24)/t14-/m1/s1. The van der Waals surface area contributed by atoms with Gasteiger partial charge in [-0.2, -0.15) is 0 Å². The Morgan fingerprint density at radius 2 is 1.89 bits per heavy atom. The number of carbonyl (C=O) groups is 1. The van der Waals surface area contributed by atoms with Gasteiger partial charge in [-0.15, -0.1) is 0 Å². The predicted molar refractivity (Wildman–Crippen MR) is 111 cm³/mol. The lowest BCUT2D eigenvalue weighted by molar-refractivity contribution is -0.122. The minimum absolute atomic E-state index is 0.0224.